The van der Waals surface area contributed by atoms with E-state index in [1.807, 2.05) is 26.0 Å². The molecule has 0 saturated carbocycles. The van der Waals surface area contributed by atoms with Crippen LogP contribution in [0.3, 0.4) is 0 Å². The van der Waals surface area contributed by atoms with Gasteiger partial charge in [-0.2, -0.15) is 0 Å². The van der Waals surface area contributed by atoms with E-state index in [9.17, 15) is 4.39 Å². The SMILES string of the molecule is CC(CN)c1ccc(C(C)CN)c(F)c1.Cl.Cl. The molecule has 0 heterocycles. The van der Waals surface area contributed by atoms with Crippen molar-refractivity contribution in [2.75, 3.05) is 13.1 Å². The van der Waals surface area contributed by atoms with Crippen molar-refractivity contribution in [3.05, 3.63) is 35.1 Å². The molecular formula is C12H21Cl2FN2. The van der Waals surface area contributed by atoms with Crippen LogP contribution >= 0.6 is 24.8 Å². The van der Waals surface area contributed by atoms with E-state index >= 15 is 0 Å². The average Bonchev–Trinajstić information content (AvgIpc) is 2.26. The maximum absolute atomic E-state index is 13.7. The lowest BCUT2D eigenvalue weighted by molar-refractivity contribution is 0.586. The third kappa shape index (κ3) is 4.80. The summed E-state index contributed by atoms with van der Waals surface area (Å²) < 4.78 is 13.7. The molecule has 2 nitrogen and oxygen atoms in total. The van der Waals surface area contributed by atoms with Crippen LogP contribution in [0, 0.1) is 5.82 Å². The van der Waals surface area contributed by atoms with Gasteiger partial charge in [-0.05, 0) is 42.1 Å². The first-order valence-electron chi connectivity index (χ1n) is 5.29. The number of rotatable bonds is 4. The van der Waals surface area contributed by atoms with Crippen LogP contribution in [0.1, 0.15) is 36.8 Å². The molecule has 0 fully saturated rings. The molecule has 0 radical (unpaired) electrons. The quantitative estimate of drug-likeness (QED) is 0.892. The van der Waals surface area contributed by atoms with E-state index in [0.29, 0.717) is 18.7 Å². The summed E-state index contributed by atoms with van der Waals surface area (Å²) in [5.74, 6) is 0.0831. The van der Waals surface area contributed by atoms with Crippen LogP contribution in [-0.4, -0.2) is 13.1 Å². The van der Waals surface area contributed by atoms with Gasteiger partial charge in [0.15, 0.2) is 0 Å². The van der Waals surface area contributed by atoms with E-state index in [1.54, 1.807) is 6.07 Å². The molecule has 2 unspecified atom stereocenters. The van der Waals surface area contributed by atoms with Gasteiger partial charge in [-0.15, -0.1) is 24.8 Å². The molecule has 0 aromatic heterocycles. The first-order chi connectivity index (χ1) is 7.10. The molecule has 0 aliphatic heterocycles. The molecule has 0 bridgehead atoms. The Bertz CT molecular complexity index is 334. The van der Waals surface area contributed by atoms with E-state index in [0.717, 1.165) is 5.56 Å². The summed E-state index contributed by atoms with van der Waals surface area (Å²) in [6, 6.07) is 5.31. The van der Waals surface area contributed by atoms with E-state index < -0.39 is 0 Å². The molecule has 0 spiro atoms. The predicted molar refractivity (Wildman–Crippen MR) is 75.8 cm³/mol. The van der Waals surface area contributed by atoms with Crippen LogP contribution in [0.15, 0.2) is 18.2 Å². The standard InChI is InChI=1S/C12H19FN2.2ClH/c1-8(6-14)10-3-4-11(9(2)7-15)12(13)5-10;;/h3-5,8-9H,6-7,14-15H2,1-2H3;2*1H. The van der Waals surface area contributed by atoms with Crippen molar-refractivity contribution < 1.29 is 4.39 Å². The van der Waals surface area contributed by atoms with Gasteiger partial charge in [0.05, 0.1) is 0 Å². The summed E-state index contributed by atoms with van der Waals surface area (Å²) in [4.78, 5) is 0. The number of nitrogens with two attached hydrogens (primary N) is 2. The molecule has 4 N–H and O–H groups in total. The Morgan fingerprint density at radius 2 is 1.59 bits per heavy atom. The second-order valence-electron chi connectivity index (χ2n) is 4.05. The minimum absolute atomic E-state index is 0. The normalized spacial score (nSPS) is 13.2. The number of benzene rings is 1. The summed E-state index contributed by atoms with van der Waals surface area (Å²) in [6.07, 6.45) is 0. The molecule has 5 heteroatoms. The second-order valence-corrected chi connectivity index (χ2v) is 4.05. The van der Waals surface area contributed by atoms with Crippen LogP contribution in [-0.2, 0) is 0 Å². The van der Waals surface area contributed by atoms with Crippen LogP contribution in [0.4, 0.5) is 4.39 Å². The zero-order chi connectivity index (χ0) is 11.4. The average molecular weight is 283 g/mol. The van der Waals surface area contributed by atoms with Gasteiger partial charge in [-0.3, -0.25) is 0 Å². The van der Waals surface area contributed by atoms with Crippen molar-refractivity contribution in [1.29, 1.82) is 0 Å². The molecule has 100 valence electrons. The largest absolute Gasteiger partial charge is 0.330 e. The van der Waals surface area contributed by atoms with Gasteiger partial charge in [0.25, 0.3) is 0 Å². The lowest BCUT2D eigenvalue weighted by Gasteiger charge is -2.14. The Balaban J connectivity index is 0. The molecule has 0 aliphatic carbocycles. The van der Waals surface area contributed by atoms with Crippen molar-refractivity contribution in [3.8, 4) is 0 Å². The van der Waals surface area contributed by atoms with Gasteiger partial charge in [0.2, 0.25) is 0 Å². The molecule has 1 rings (SSSR count). The van der Waals surface area contributed by atoms with Crippen molar-refractivity contribution in [2.45, 2.75) is 25.7 Å². The van der Waals surface area contributed by atoms with Gasteiger partial charge in [0, 0.05) is 0 Å². The second kappa shape index (κ2) is 8.70. The molecule has 0 aliphatic rings. The zero-order valence-electron chi connectivity index (χ0n) is 10.2. The molecule has 1 aromatic rings. The monoisotopic (exact) mass is 282 g/mol. The maximum atomic E-state index is 13.7. The first-order valence-corrected chi connectivity index (χ1v) is 5.29. The predicted octanol–water partition coefficient (Wildman–Crippen LogP) is 2.79. The molecule has 1 aromatic carbocycles. The highest BCUT2D eigenvalue weighted by molar-refractivity contribution is 5.85. The van der Waals surface area contributed by atoms with Gasteiger partial charge in [-0.1, -0.05) is 26.0 Å². The fourth-order valence-corrected chi connectivity index (χ4v) is 1.51. The van der Waals surface area contributed by atoms with Crippen LogP contribution < -0.4 is 11.5 Å². The molecule has 0 amide bonds. The Labute approximate surface area is 115 Å². The van der Waals surface area contributed by atoms with Crippen LogP contribution in [0.2, 0.25) is 0 Å². The van der Waals surface area contributed by atoms with Gasteiger partial charge in [0.1, 0.15) is 5.82 Å². The maximum Gasteiger partial charge on any atom is 0.127 e. The molecule has 17 heavy (non-hydrogen) atoms. The summed E-state index contributed by atoms with van der Waals surface area (Å²) in [5, 5.41) is 0. The third-order valence-corrected chi connectivity index (χ3v) is 2.83. The summed E-state index contributed by atoms with van der Waals surface area (Å²) in [7, 11) is 0. The Morgan fingerprint density at radius 3 is 2.00 bits per heavy atom. The van der Waals surface area contributed by atoms with E-state index in [4.69, 9.17) is 11.5 Å². The number of hydrogen-bond donors (Lipinski definition) is 2. The van der Waals surface area contributed by atoms with Gasteiger partial charge < -0.3 is 11.5 Å². The van der Waals surface area contributed by atoms with E-state index in [-0.39, 0.29) is 42.5 Å². The fraction of sp³-hybridized carbons (Fsp3) is 0.500. The van der Waals surface area contributed by atoms with Gasteiger partial charge >= 0.3 is 0 Å². The highest BCUT2D eigenvalue weighted by Gasteiger charge is 2.11. The van der Waals surface area contributed by atoms with Gasteiger partial charge in [-0.25, -0.2) is 4.39 Å². The van der Waals surface area contributed by atoms with Crippen molar-refractivity contribution in [1.82, 2.24) is 0 Å². The van der Waals surface area contributed by atoms with Crippen LogP contribution in [0.25, 0.3) is 0 Å². The highest BCUT2D eigenvalue weighted by atomic mass is 35.5. The zero-order valence-corrected chi connectivity index (χ0v) is 11.8. The lowest BCUT2D eigenvalue weighted by atomic mass is 9.95. The Morgan fingerprint density at radius 1 is 1.06 bits per heavy atom. The fourth-order valence-electron chi connectivity index (χ4n) is 1.51. The minimum atomic E-state index is -0.175. The highest BCUT2D eigenvalue weighted by Crippen LogP contribution is 2.22. The summed E-state index contributed by atoms with van der Waals surface area (Å²) >= 11 is 0. The lowest BCUT2D eigenvalue weighted by Crippen LogP contribution is -2.12. The minimum Gasteiger partial charge on any atom is -0.330 e. The molecule has 0 saturated heterocycles. The number of halogens is 3. The van der Waals surface area contributed by atoms with Crippen molar-refractivity contribution in [3.63, 3.8) is 0 Å². The van der Waals surface area contributed by atoms with E-state index in [2.05, 4.69) is 0 Å². The third-order valence-electron chi connectivity index (χ3n) is 2.83. The summed E-state index contributed by atoms with van der Waals surface area (Å²) in [6.45, 7) is 4.90. The van der Waals surface area contributed by atoms with Crippen molar-refractivity contribution in [2.24, 2.45) is 11.5 Å². The Kier molecular flexibility index (Phi) is 9.72. The number of hydrogen-bond acceptors (Lipinski definition) is 2. The topological polar surface area (TPSA) is 52.0 Å². The smallest absolute Gasteiger partial charge is 0.127 e. The Hall–Kier alpha value is -0.350. The van der Waals surface area contributed by atoms with Crippen LogP contribution in [0.5, 0.6) is 0 Å². The molecular weight excluding hydrogens is 262 g/mol. The van der Waals surface area contributed by atoms with E-state index in [1.165, 1.54) is 0 Å². The molecule has 2 atom stereocenters. The van der Waals surface area contributed by atoms with Crippen molar-refractivity contribution >= 4 is 24.8 Å². The summed E-state index contributed by atoms with van der Waals surface area (Å²) in [5.41, 5.74) is 12.7. The first kappa shape index (κ1) is 19.0.